The van der Waals surface area contributed by atoms with E-state index >= 15 is 0 Å². The molecule has 0 saturated heterocycles. The van der Waals surface area contributed by atoms with Crippen molar-refractivity contribution in [2.75, 3.05) is 0 Å². The number of carbonyl (C=O) groups excluding carboxylic acids is 1. The number of halogens is 1. The van der Waals surface area contributed by atoms with Crippen molar-refractivity contribution in [2.24, 2.45) is 0 Å². The largest absolute Gasteiger partial charge is 0.298 e. The molecule has 0 aliphatic rings. The molecule has 2 aromatic rings. The molecule has 0 N–H and O–H groups in total. The van der Waals surface area contributed by atoms with E-state index in [0.29, 0.717) is 16.6 Å². The Morgan fingerprint density at radius 1 is 1.40 bits per heavy atom. The van der Waals surface area contributed by atoms with Crippen LogP contribution in [0.25, 0.3) is 10.9 Å². The molecule has 0 spiro atoms. The highest BCUT2D eigenvalue weighted by Gasteiger charge is 2.09. The van der Waals surface area contributed by atoms with Crippen LogP contribution in [0.15, 0.2) is 29.2 Å². The van der Waals surface area contributed by atoms with Gasteiger partial charge in [0.1, 0.15) is 0 Å². The second-order valence-corrected chi connectivity index (χ2v) is 3.31. The summed E-state index contributed by atoms with van der Waals surface area (Å²) in [6.45, 7) is 1.71. The minimum atomic E-state index is -0.424. The number of benzene rings is 1. The minimum absolute atomic E-state index is 0.167. The van der Waals surface area contributed by atoms with Crippen LogP contribution in [0.2, 0.25) is 0 Å². The first-order valence-electron chi connectivity index (χ1n) is 4.41. The molecule has 1 aromatic heterocycles. The summed E-state index contributed by atoms with van der Waals surface area (Å²) in [5, 5.41) is 0.254. The number of fused-ring (bicyclic) bond motifs is 1. The van der Waals surface area contributed by atoms with Crippen LogP contribution in [-0.2, 0) is 0 Å². The van der Waals surface area contributed by atoms with Crippen molar-refractivity contribution in [2.45, 2.75) is 6.92 Å². The van der Waals surface area contributed by atoms with E-state index < -0.39 is 5.43 Å². The van der Waals surface area contributed by atoms with E-state index in [1.165, 1.54) is 6.07 Å². The molecule has 0 radical (unpaired) electrons. The highest BCUT2D eigenvalue weighted by molar-refractivity contribution is 5.87. The molecule has 1 heterocycles. The number of hydrogen-bond donors (Lipinski definition) is 0. The predicted octanol–water partition coefficient (Wildman–Crippen LogP) is 1.86. The van der Waals surface area contributed by atoms with Gasteiger partial charge in [0, 0.05) is 0 Å². The maximum atomic E-state index is 13.4. The normalized spacial score (nSPS) is 10.5. The number of aromatic nitrogens is 1. The van der Waals surface area contributed by atoms with Crippen molar-refractivity contribution in [3.63, 3.8) is 0 Å². The lowest BCUT2D eigenvalue weighted by Crippen LogP contribution is -2.12. The number of carbonyl (C=O) groups is 1. The van der Waals surface area contributed by atoms with E-state index in [9.17, 15) is 14.1 Å². The summed E-state index contributed by atoms with van der Waals surface area (Å²) in [5.74, 6) is 0. The first kappa shape index (κ1) is 9.58. The van der Waals surface area contributed by atoms with E-state index in [1.54, 1.807) is 19.1 Å². The third kappa shape index (κ3) is 1.34. The first-order valence-corrected chi connectivity index (χ1v) is 4.41. The van der Waals surface area contributed by atoms with Gasteiger partial charge in [-0.25, -0.2) is 0 Å². The summed E-state index contributed by atoms with van der Waals surface area (Å²) in [6.07, 6.45) is 1.27. The van der Waals surface area contributed by atoms with Crippen LogP contribution in [0.3, 0.4) is 0 Å². The topological polar surface area (TPSA) is 39.1 Å². The summed E-state index contributed by atoms with van der Waals surface area (Å²) in [6, 6.07) is 4.87. The molecule has 4 heteroatoms. The monoisotopic (exact) mass is 205 g/mol. The molecule has 2 rings (SSSR count). The zero-order chi connectivity index (χ0) is 11.0. The number of aldehydes is 1. The Morgan fingerprint density at radius 2 is 2.13 bits per heavy atom. The van der Waals surface area contributed by atoms with Gasteiger partial charge in [0.05, 0.1) is 22.7 Å². The lowest BCUT2D eigenvalue weighted by Gasteiger charge is -2.04. The fourth-order valence-corrected chi connectivity index (χ4v) is 1.60. The second kappa shape index (κ2) is 3.31. The molecule has 0 saturated carbocycles. The Hall–Kier alpha value is -1.97. The Morgan fingerprint density at radius 3 is 2.80 bits per heavy atom. The van der Waals surface area contributed by atoms with Crippen molar-refractivity contribution in [3.8, 4) is 0 Å². The van der Waals surface area contributed by atoms with Crippen molar-refractivity contribution in [1.29, 1.82) is 0 Å². The molecule has 0 amide bonds. The van der Waals surface area contributed by atoms with Crippen molar-refractivity contribution < 1.29 is 9.28 Å². The predicted molar refractivity (Wildman–Crippen MR) is 54.8 cm³/mol. The second-order valence-electron chi connectivity index (χ2n) is 3.31. The maximum Gasteiger partial charge on any atom is 0.200 e. The third-order valence-electron chi connectivity index (χ3n) is 2.35. The number of rotatable bonds is 1. The fraction of sp³-hybridized carbons (Fsp3) is 0.0909. The van der Waals surface area contributed by atoms with Crippen LogP contribution in [0.5, 0.6) is 0 Å². The van der Waals surface area contributed by atoms with Crippen molar-refractivity contribution in [3.05, 3.63) is 45.7 Å². The summed E-state index contributed by atoms with van der Waals surface area (Å²) < 4.78 is 13.4. The molecule has 15 heavy (non-hydrogen) atoms. The molecule has 1 aromatic carbocycles. The molecule has 0 aliphatic heterocycles. The van der Waals surface area contributed by atoms with Gasteiger partial charge in [0.25, 0.3) is 0 Å². The van der Waals surface area contributed by atoms with E-state index in [0.717, 1.165) is 6.20 Å². The van der Waals surface area contributed by atoms with Crippen molar-refractivity contribution >= 4 is 17.2 Å². The van der Waals surface area contributed by atoms with Gasteiger partial charge >= 0.3 is 0 Å². The van der Waals surface area contributed by atoms with Crippen LogP contribution in [0, 0.1) is 6.92 Å². The molecular weight excluding hydrogens is 197 g/mol. The van der Waals surface area contributed by atoms with Gasteiger partial charge < -0.3 is 0 Å². The number of nitrogens with zero attached hydrogens (tertiary/aromatic N) is 1. The molecule has 0 bridgehead atoms. The van der Waals surface area contributed by atoms with Gasteiger partial charge in [-0.05, 0) is 18.6 Å². The van der Waals surface area contributed by atoms with E-state index in [4.69, 9.17) is 0 Å². The third-order valence-corrected chi connectivity index (χ3v) is 2.35. The van der Waals surface area contributed by atoms with E-state index in [2.05, 4.69) is 0 Å². The Kier molecular flexibility index (Phi) is 2.11. The van der Waals surface area contributed by atoms with Gasteiger partial charge in [-0.15, -0.1) is 0 Å². The average molecular weight is 205 g/mol. The molecule has 0 unspecified atom stereocenters. The van der Waals surface area contributed by atoms with Gasteiger partial charge in [0.15, 0.2) is 11.7 Å². The Balaban J connectivity index is 3.08. The quantitative estimate of drug-likeness (QED) is 0.666. The van der Waals surface area contributed by atoms with Crippen LogP contribution in [0.1, 0.15) is 15.9 Å². The fourth-order valence-electron chi connectivity index (χ4n) is 1.60. The van der Waals surface area contributed by atoms with Crippen LogP contribution in [-0.4, -0.2) is 11.1 Å². The zero-order valence-electron chi connectivity index (χ0n) is 8.03. The molecule has 0 aliphatic carbocycles. The smallest absolute Gasteiger partial charge is 0.200 e. The molecular formula is C11H8FNO2. The number of pyridine rings is 1. The van der Waals surface area contributed by atoms with Crippen LogP contribution < -0.4 is 5.43 Å². The maximum absolute atomic E-state index is 13.4. The standard InChI is InChI=1S/C11H8FNO2/c1-7-3-2-4-9-10(7)11(15)8(6-14)5-13(9)12/h2-6H,1H3. The Labute approximate surface area is 84.7 Å². The highest BCUT2D eigenvalue weighted by Crippen LogP contribution is 2.15. The highest BCUT2D eigenvalue weighted by atomic mass is 19.2. The molecule has 76 valence electrons. The first-order chi connectivity index (χ1) is 7.15. The van der Waals surface area contributed by atoms with E-state index in [-0.39, 0.29) is 16.5 Å². The average Bonchev–Trinajstić information content (AvgIpc) is 2.23. The SMILES string of the molecule is Cc1cccc2c1c(=O)c(C=O)cn2F. The van der Waals surface area contributed by atoms with Crippen LogP contribution >= 0.6 is 0 Å². The lowest BCUT2D eigenvalue weighted by atomic mass is 10.1. The van der Waals surface area contributed by atoms with Gasteiger partial charge in [-0.2, -0.15) is 4.79 Å². The summed E-state index contributed by atoms with van der Waals surface area (Å²) in [7, 11) is 0. The zero-order valence-corrected chi connectivity index (χ0v) is 8.03. The van der Waals surface area contributed by atoms with Gasteiger partial charge in [-0.1, -0.05) is 16.6 Å². The summed E-state index contributed by atoms with van der Waals surface area (Å²) >= 11 is 0. The summed E-state index contributed by atoms with van der Waals surface area (Å²) in [5.41, 5.74) is 0.254. The lowest BCUT2D eigenvalue weighted by molar-refractivity contribution is 0.112. The molecule has 0 atom stereocenters. The van der Waals surface area contributed by atoms with Crippen LogP contribution in [0.4, 0.5) is 4.48 Å². The minimum Gasteiger partial charge on any atom is -0.298 e. The Bertz CT molecular complexity index is 601. The molecule has 0 fully saturated rings. The van der Waals surface area contributed by atoms with Gasteiger partial charge in [-0.3, -0.25) is 9.59 Å². The molecule has 3 nitrogen and oxygen atoms in total. The number of hydrogen-bond acceptors (Lipinski definition) is 2. The van der Waals surface area contributed by atoms with Gasteiger partial charge in [0.2, 0.25) is 0 Å². The number of aryl methyl sites for hydroxylation is 1. The van der Waals surface area contributed by atoms with Crippen molar-refractivity contribution in [1.82, 2.24) is 4.79 Å². The van der Waals surface area contributed by atoms with E-state index in [1.807, 2.05) is 0 Å². The summed E-state index contributed by atoms with van der Waals surface area (Å²) in [4.78, 5) is 22.6.